The van der Waals surface area contributed by atoms with Gasteiger partial charge in [0.25, 0.3) is 0 Å². The Labute approximate surface area is 135 Å². The molecule has 0 aromatic heterocycles. The molecule has 0 heterocycles. The van der Waals surface area contributed by atoms with Crippen molar-refractivity contribution in [2.45, 2.75) is 12.3 Å². The minimum absolute atomic E-state index is 0.302. The molecule has 0 saturated heterocycles. The van der Waals surface area contributed by atoms with E-state index in [4.69, 9.17) is 23.2 Å². The topological polar surface area (TPSA) is 37.3 Å². The quantitative estimate of drug-likeness (QED) is 0.802. The summed E-state index contributed by atoms with van der Waals surface area (Å²) in [5.74, 6) is -1.54. The molecule has 0 spiro atoms. The van der Waals surface area contributed by atoms with Gasteiger partial charge in [-0.3, -0.25) is 4.79 Å². The Balaban J connectivity index is 2.33. The molecule has 0 saturated carbocycles. The molecule has 104 valence electrons. The Hall–Kier alpha value is -1.03. The molecule has 0 aliphatic heterocycles. The number of aliphatic carboxylic acids is 1. The van der Waals surface area contributed by atoms with Crippen molar-refractivity contribution in [3.05, 3.63) is 68.1 Å². The minimum Gasteiger partial charge on any atom is -0.481 e. The summed E-state index contributed by atoms with van der Waals surface area (Å²) in [6, 6.07) is 12.5. The van der Waals surface area contributed by atoms with E-state index in [1.807, 2.05) is 12.1 Å². The number of carboxylic acid groups (broad SMARTS) is 1. The van der Waals surface area contributed by atoms with Gasteiger partial charge in [0.05, 0.1) is 16.0 Å². The van der Waals surface area contributed by atoms with Crippen molar-refractivity contribution in [1.29, 1.82) is 0 Å². The highest BCUT2D eigenvalue weighted by atomic mass is 79.9. The molecule has 0 fully saturated rings. The molecule has 0 bridgehead atoms. The van der Waals surface area contributed by atoms with Crippen LogP contribution in [0.25, 0.3) is 0 Å². The summed E-state index contributed by atoms with van der Waals surface area (Å²) in [5, 5.41) is 10.3. The Morgan fingerprint density at radius 2 is 1.80 bits per heavy atom. The third-order valence-corrected chi connectivity index (χ3v) is 4.41. The van der Waals surface area contributed by atoms with E-state index >= 15 is 0 Å². The summed E-state index contributed by atoms with van der Waals surface area (Å²) >= 11 is 15.4. The number of hydrogen-bond donors (Lipinski definition) is 1. The Bertz CT molecular complexity index is 626. The second kappa shape index (κ2) is 6.61. The summed E-state index contributed by atoms with van der Waals surface area (Å²) in [6.07, 6.45) is 0.302. The van der Waals surface area contributed by atoms with Crippen molar-refractivity contribution in [2.75, 3.05) is 0 Å². The highest BCUT2D eigenvalue weighted by molar-refractivity contribution is 9.10. The van der Waals surface area contributed by atoms with E-state index in [0.717, 1.165) is 15.6 Å². The average Bonchev–Trinajstić information content (AvgIpc) is 2.41. The van der Waals surface area contributed by atoms with Crippen LogP contribution in [0, 0.1) is 0 Å². The molecule has 0 radical (unpaired) electrons. The smallest absolute Gasteiger partial charge is 0.311 e. The van der Waals surface area contributed by atoms with Gasteiger partial charge in [-0.15, -0.1) is 0 Å². The second-order valence-corrected chi connectivity index (χ2v) is 6.06. The number of carbonyl (C=O) groups is 1. The van der Waals surface area contributed by atoms with Crippen molar-refractivity contribution in [3.8, 4) is 0 Å². The Morgan fingerprint density at radius 3 is 2.40 bits per heavy atom. The predicted octanol–water partition coefficient (Wildman–Crippen LogP) is 5.17. The maximum Gasteiger partial charge on any atom is 0.311 e. The first-order valence-electron chi connectivity index (χ1n) is 5.90. The monoisotopic (exact) mass is 372 g/mol. The van der Waals surface area contributed by atoms with Crippen LogP contribution in [-0.4, -0.2) is 11.1 Å². The van der Waals surface area contributed by atoms with Crippen LogP contribution < -0.4 is 0 Å². The van der Waals surface area contributed by atoms with Gasteiger partial charge < -0.3 is 5.11 Å². The van der Waals surface area contributed by atoms with Gasteiger partial charge in [0.15, 0.2) is 0 Å². The number of rotatable bonds is 4. The van der Waals surface area contributed by atoms with Gasteiger partial charge >= 0.3 is 5.97 Å². The second-order valence-electron chi connectivity index (χ2n) is 4.36. The van der Waals surface area contributed by atoms with Crippen molar-refractivity contribution in [1.82, 2.24) is 0 Å². The summed E-state index contributed by atoms with van der Waals surface area (Å²) < 4.78 is 0.908. The lowest BCUT2D eigenvalue weighted by Crippen LogP contribution is -2.14. The van der Waals surface area contributed by atoms with Crippen LogP contribution >= 0.6 is 39.1 Å². The molecule has 1 atom stereocenters. The predicted molar refractivity (Wildman–Crippen MR) is 84.7 cm³/mol. The molecule has 2 rings (SSSR count). The molecule has 1 unspecified atom stereocenters. The van der Waals surface area contributed by atoms with Crippen LogP contribution in [0.2, 0.25) is 10.0 Å². The first-order chi connectivity index (χ1) is 9.49. The van der Waals surface area contributed by atoms with Gasteiger partial charge in [0.2, 0.25) is 0 Å². The van der Waals surface area contributed by atoms with E-state index in [0.29, 0.717) is 16.5 Å². The molecular formula is C15H11BrCl2O2. The molecular weight excluding hydrogens is 363 g/mol. The fourth-order valence-electron chi connectivity index (χ4n) is 1.97. The van der Waals surface area contributed by atoms with E-state index in [1.54, 1.807) is 30.3 Å². The van der Waals surface area contributed by atoms with Crippen LogP contribution in [-0.2, 0) is 11.2 Å². The molecule has 1 N–H and O–H groups in total. The molecule has 0 amide bonds. The number of benzene rings is 2. The van der Waals surface area contributed by atoms with Crippen LogP contribution in [0.3, 0.4) is 0 Å². The highest BCUT2D eigenvalue weighted by Gasteiger charge is 2.21. The Kier molecular flexibility index (Phi) is 5.08. The number of carboxylic acids is 1. The van der Waals surface area contributed by atoms with Gasteiger partial charge in [-0.25, -0.2) is 0 Å². The largest absolute Gasteiger partial charge is 0.481 e. The van der Waals surface area contributed by atoms with Crippen molar-refractivity contribution in [3.63, 3.8) is 0 Å². The number of halogens is 3. The molecule has 2 aromatic rings. The number of hydrogen-bond acceptors (Lipinski definition) is 1. The van der Waals surface area contributed by atoms with Crippen LogP contribution in [0.5, 0.6) is 0 Å². The molecule has 2 aromatic carbocycles. The highest BCUT2D eigenvalue weighted by Crippen LogP contribution is 2.30. The lowest BCUT2D eigenvalue weighted by molar-refractivity contribution is -0.138. The van der Waals surface area contributed by atoms with Gasteiger partial charge in [0.1, 0.15) is 0 Å². The lowest BCUT2D eigenvalue weighted by atomic mass is 9.92. The van der Waals surface area contributed by atoms with Gasteiger partial charge in [0, 0.05) is 4.47 Å². The maximum atomic E-state index is 11.5. The first kappa shape index (κ1) is 15.4. The molecule has 5 heteroatoms. The maximum absolute atomic E-state index is 11.5. The summed E-state index contributed by atoms with van der Waals surface area (Å²) in [4.78, 5) is 11.5. The summed E-state index contributed by atoms with van der Waals surface area (Å²) in [5.41, 5.74) is 1.46. The van der Waals surface area contributed by atoms with Gasteiger partial charge in [-0.1, -0.05) is 63.4 Å². The molecule has 2 nitrogen and oxygen atoms in total. The van der Waals surface area contributed by atoms with Crippen LogP contribution in [0.4, 0.5) is 0 Å². The molecule has 20 heavy (non-hydrogen) atoms. The van der Waals surface area contributed by atoms with Crippen LogP contribution in [0.15, 0.2) is 46.9 Å². The van der Waals surface area contributed by atoms with E-state index in [9.17, 15) is 9.90 Å². The Morgan fingerprint density at radius 1 is 1.15 bits per heavy atom. The molecule has 0 aliphatic rings. The normalized spacial score (nSPS) is 12.2. The van der Waals surface area contributed by atoms with Crippen molar-refractivity contribution >= 4 is 45.1 Å². The minimum atomic E-state index is -0.886. The summed E-state index contributed by atoms with van der Waals surface area (Å²) in [6.45, 7) is 0. The standard InChI is InChI=1S/C15H11BrCl2O2/c16-11-6-4-9(5-7-11)12(15(19)20)8-10-2-1-3-13(17)14(10)18/h1-7,12H,8H2,(H,19,20). The van der Waals surface area contributed by atoms with E-state index in [-0.39, 0.29) is 0 Å². The van der Waals surface area contributed by atoms with E-state index in [2.05, 4.69) is 15.9 Å². The zero-order valence-corrected chi connectivity index (χ0v) is 13.4. The fraction of sp³-hybridized carbons (Fsp3) is 0.133. The SMILES string of the molecule is O=C(O)C(Cc1cccc(Cl)c1Cl)c1ccc(Br)cc1. The van der Waals surface area contributed by atoms with Crippen molar-refractivity contribution in [2.24, 2.45) is 0 Å². The first-order valence-corrected chi connectivity index (χ1v) is 7.45. The van der Waals surface area contributed by atoms with Crippen LogP contribution in [0.1, 0.15) is 17.0 Å². The summed E-state index contributed by atoms with van der Waals surface area (Å²) in [7, 11) is 0. The third-order valence-electron chi connectivity index (χ3n) is 3.03. The van der Waals surface area contributed by atoms with Gasteiger partial charge in [-0.05, 0) is 35.7 Å². The average molecular weight is 374 g/mol. The lowest BCUT2D eigenvalue weighted by Gasteiger charge is -2.14. The van der Waals surface area contributed by atoms with E-state index < -0.39 is 11.9 Å². The van der Waals surface area contributed by atoms with Gasteiger partial charge in [-0.2, -0.15) is 0 Å². The molecule has 0 aliphatic carbocycles. The zero-order valence-electron chi connectivity index (χ0n) is 10.3. The van der Waals surface area contributed by atoms with E-state index in [1.165, 1.54) is 0 Å². The fourth-order valence-corrected chi connectivity index (χ4v) is 2.63. The van der Waals surface area contributed by atoms with Crippen molar-refractivity contribution < 1.29 is 9.90 Å². The third kappa shape index (κ3) is 3.54. The zero-order chi connectivity index (χ0) is 14.7.